The molecule has 4 aromatic carbocycles. The van der Waals surface area contributed by atoms with Gasteiger partial charge in [0.25, 0.3) is 0 Å². The Bertz CT molecular complexity index is 1230. The highest BCUT2D eigenvalue weighted by atomic mass is 32.2. The summed E-state index contributed by atoms with van der Waals surface area (Å²) >= 11 is 1.63. The van der Waals surface area contributed by atoms with E-state index in [0.29, 0.717) is 0 Å². The maximum absolute atomic E-state index is 14.9. The van der Waals surface area contributed by atoms with Crippen LogP contribution in [0.3, 0.4) is 0 Å². The Balaban J connectivity index is 1.83. The molecule has 0 saturated heterocycles. The summed E-state index contributed by atoms with van der Waals surface area (Å²) in [6.07, 6.45) is 0. The van der Waals surface area contributed by atoms with Gasteiger partial charge in [0.15, 0.2) is 7.14 Å². The third-order valence-corrected chi connectivity index (χ3v) is 9.99. The van der Waals surface area contributed by atoms with Crippen LogP contribution in [0.5, 0.6) is 0 Å². The van der Waals surface area contributed by atoms with Crippen LogP contribution in [0.25, 0.3) is 5.57 Å². The predicted octanol–water partition coefficient (Wildman–Crippen LogP) is 6.52. The standard InChI is InChI=1S/C26H19OPS/c27-28(21-14-6-2-7-15-21)24-19-11-10-18-23(24)25(20-12-4-1-5-13-20)26(28)29-22-16-8-3-9-17-22/h1-19H/t28-/m0/s1. The van der Waals surface area contributed by atoms with Gasteiger partial charge in [-0.15, -0.1) is 0 Å². The maximum Gasteiger partial charge on any atom is 0.178 e. The number of rotatable bonds is 4. The fourth-order valence-corrected chi connectivity index (χ4v) is 8.83. The maximum atomic E-state index is 14.9. The molecule has 0 fully saturated rings. The van der Waals surface area contributed by atoms with Gasteiger partial charge in [-0.1, -0.05) is 115 Å². The van der Waals surface area contributed by atoms with Gasteiger partial charge in [0, 0.05) is 21.1 Å². The second-order valence-electron chi connectivity index (χ2n) is 6.92. The molecule has 0 bridgehead atoms. The fourth-order valence-electron chi connectivity index (χ4n) is 3.84. The molecular weight excluding hydrogens is 391 g/mol. The summed E-state index contributed by atoms with van der Waals surface area (Å²) in [5.74, 6) is 0. The summed E-state index contributed by atoms with van der Waals surface area (Å²) in [5, 5.41) is 1.82. The van der Waals surface area contributed by atoms with Crippen molar-refractivity contribution in [2.75, 3.05) is 0 Å². The van der Waals surface area contributed by atoms with Crippen LogP contribution in [-0.2, 0) is 4.57 Å². The van der Waals surface area contributed by atoms with Crippen molar-refractivity contribution in [1.82, 2.24) is 0 Å². The van der Waals surface area contributed by atoms with Crippen molar-refractivity contribution < 1.29 is 4.57 Å². The largest absolute Gasteiger partial charge is 0.308 e. The lowest BCUT2D eigenvalue weighted by Gasteiger charge is -2.18. The molecule has 5 rings (SSSR count). The zero-order valence-electron chi connectivity index (χ0n) is 15.7. The molecule has 4 aromatic rings. The molecule has 0 aromatic heterocycles. The van der Waals surface area contributed by atoms with E-state index in [9.17, 15) is 4.57 Å². The SMILES string of the molecule is O=[P@]1(c2ccccc2)C(Sc2ccccc2)=C(c2ccccc2)c2ccccc21. The van der Waals surface area contributed by atoms with E-state index in [1.807, 2.05) is 84.9 Å². The molecule has 0 amide bonds. The van der Waals surface area contributed by atoms with Gasteiger partial charge in [-0.3, -0.25) is 0 Å². The van der Waals surface area contributed by atoms with Crippen molar-refractivity contribution in [3.8, 4) is 0 Å². The van der Waals surface area contributed by atoms with Crippen LogP contribution in [-0.4, -0.2) is 0 Å². The minimum Gasteiger partial charge on any atom is -0.308 e. The first-order valence-corrected chi connectivity index (χ1v) is 12.1. The molecule has 0 aliphatic carbocycles. The summed E-state index contributed by atoms with van der Waals surface area (Å²) in [6.45, 7) is 0. The lowest BCUT2D eigenvalue weighted by molar-refractivity contribution is 0.592. The van der Waals surface area contributed by atoms with E-state index >= 15 is 0 Å². The quantitative estimate of drug-likeness (QED) is 0.356. The summed E-state index contributed by atoms with van der Waals surface area (Å²) in [7, 11) is -2.97. The fraction of sp³-hybridized carbons (Fsp3) is 0. The Kier molecular flexibility index (Phi) is 4.75. The first-order valence-electron chi connectivity index (χ1n) is 9.57. The summed E-state index contributed by atoms with van der Waals surface area (Å²) in [6, 6.07) is 38.6. The summed E-state index contributed by atoms with van der Waals surface area (Å²) in [4.78, 5) is 1.10. The smallest absolute Gasteiger partial charge is 0.178 e. The number of fused-ring (bicyclic) bond motifs is 1. The third-order valence-electron chi connectivity index (χ3n) is 5.15. The van der Waals surface area contributed by atoms with Gasteiger partial charge in [-0.2, -0.15) is 0 Å². The Hall–Kier alpha value is -2.80. The zero-order valence-corrected chi connectivity index (χ0v) is 17.4. The Morgan fingerprint density at radius 3 is 1.83 bits per heavy atom. The molecule has 0 N–H and O–H groups in total. The molecule has 3 heteroatoms. The van der Waals surface area contributed by atoms with Crippen molar-refractivity contribution in [3.63, 3.8) is 0 Å². The lowest BCUT2D eigenvalue weighted by Crippen LogP contribution is -2.15. The minimum absolute atomic E-state index is 0.886. The van der Waals surface area contributed by atoms with Gasteiger partial charge in [0.1, 0.15) is 0 Å². The van der Waals surface area contributed by atoms with Crippen LogP contribution in [0.4, 0.5) is 0 Å². The highest BCUT2D eigenvalue weighted by Crippen LogP contribution is 2.66. The zero-order chi connectivity index (χ0) is 19.7. The van der Waals surface area contributed by atoms with Crippen LogP contribution >= 0.6 is 18.9 Å². The van der Waals surface area contributed by atoms with Gasteiger partial charge in [-0.25, -0.2) is 0 Å². The molecular formula is C26H19OPS. The molecule has 1 heterocycles. The third kappa shape index (κ3) is 3.09. The van der Waals surface area contributed by atoms with E-state index in [4.69, 9.17) is 0 Å². The molecule has 0 spiro atoms. The second-order valence-corrected chi connectivity index (χ2v) is 11.0. The van der Waals surface area contributed by atoms with E-state index in [1.165, 1.54) is 0 Å². The van der Waals surface area contributed by atoms with Crippen molar-refractivity contribution in [3.05, 3.63) is 131 Å². The van der Waals surface area contributed by atoms with E-state index in [1.54, 1.807) is 11.8 Å². The first kappa shape index (κ1) is 18.2. The second kappa shape index (κ2) is 7.55. The monoisotopic (exact) mass is 410 g/mol. The molecule has 29 heavy (non-hydrogen) atoms. The molecule has 1 nitrogen and oxygen atoms in total. The van der Waals surface area contributed by atoms with Gasteiger partial charge >= 0.3 is 0 Å². The van der Waals surface area contributed by atoms with Crippen LogP contribution in [0, 0.1) is 0 Å². The molecule has 140 valence electrons. The predicted molar refractivity (Wildman–Crippen MR) is 125 cm³/mol. The molecule has 1 aliphatic heterocycles. The number of hydrogen-bond acceptors (Lipinski definition) is 2. The molecule has 0 radical (unpaired) electrons. The normalized spacial score (nSPS) is 17.9. The Morgan fingerprint density at radius 2 is 1.14 bits per heavy atom. The van der Waals surface area contributed by atoms with Gasteiger partial charge < -0.3 is 4.57 Å². The number of benzene rings is 4. The Morgan fingerprint density at radius 1 is 0.586 bits per heavy atom. The van der Waals surface area contributed by atoms with Gasteiger partial charge in [0.2, 0.25) is 0 Å². The van der Waals surface area contributed by atoms with Crippen LogP contribution in [0.15, 0.2) is 125 Å². The van der Waals surface area contributed by atoms with E-state index in [2.05, 4.69) is 30.3 Å². The molecule has 1 atom stereocenters. The van der Waals surface area contributed by atoms with Gasteiger partial charge in [0.05, 0.1) is 4.65 Å². The van der Waals surface area contributed by atoms with Gasteiger partial charge in [-0.05, 0) is 23.3 Å². The number of hydrogen-bond donors (Lipinski definition) is 0. The highest BCUT2D eigenvalue weighted by Gasteiger charge is 2.43. The summed E-state index contributed by atoms with van der Waals surface area (Å²) in [5.41, 5.74) is 3.26. The average Bonchev–Trinajstić information content (AvgIpc) is 3.05. The average molecular weight is 410 g/mol. The minimum atomic E-state index is -2.97. The molecule has 0 saturated carbocycles. The molecule has 0 unspecified atom stereocenters. The van der Waals surface area contributed by atoms with Crippen LogP contribution < -0.4 is 10.6 Å². The van der Waals surface area contributed by atoms with E-state index in [-0.39, 0.29) is 0 Å². The lowest BCUT2D eigenvalue weighted by atomic mass is 10.00. The summed E-state index contributed by atoms with van der Waals surface area (Å²) < 4.78 is 15.8. The van der Waals surface area contributed by atoms with Crippen molar-refractivity contribution in [2.45, 2.75) is 4.90 Å². The molecule has 1 aliphatic rings. The highest BCUT2D eigenvalue weighted by molar-refractivity contribution is 8.14. The van der Waals surface area contributed by atoms with Crippen molar-refractivity contribution >= 4 is 35.1 Å². The van der Waals surface area contributed by atoms with Crippen molar-refractivity contribution in [2.24, 2.45) is 0 Å². The Labute approximate surface area is 175 Å². The van der Waals surface area contributed by atoms with Crippen LogP contribution in [0.1, 0.15) is 11.1 Å². The van der Waals surface area contributed by atoms with Crippen molar-refractivity contribution in [1.29, 1.82) is 0 Å². The van der Waals surface area contributed by atoms with Crippen LogP contribution in [0.2, 0.25) is 0 Å². The topological polar surface area (TPSA) is 17.1 Å². The first-order chi connectivity index (χ1) is 14.3. The van der Waals surface area contributed by atoms with E-state index in [0.717, 1.165) is 36.9 Å². The number of thioether (sulfide) groups is 1. The van der Waals surface area contributed by atoms with E-state index < -0.39 is 7.14 Å².